The monoisotopic (exact) mass is 250 g/mol. The predicted octanol–water partition coefficient (Wildman–Crippen LogP) is -1.18. The SMILES string of the molecule is [Br-].[CH-]=CCOCc1ccccc1.[Mg+2]. The van der Waals surface area contributed by atoms with Gasteiger partial charge >= 0.3 is 23.1 Å². The minimum atomic E-state index is 0. The van der Waals surface area contributed by atoms with Crippen molar-refractivity contribution in [1.82, 2.24) is 0 Å². The molecule has 0 amide bonds. The molecule has 0 atom stereocenters. The quantitative estimate of drug-likeness (QED) is 0.372. The Bertz CT molecular complexity index is 213. The summed E-state index contributed by atoms with van der Waals surface area (Å²) >= 11 is 0. The first-order valence-corrected chi connectivity index (χ1v) is 3.58. The fourth-order valence-corrected chi connectivity index (χ4v) is 0.819. The van der Waals surface area contributed by atoms with Crippen molar-refractivity contribution >= 4 is 23.1 Å². The van der Waals surface area contributed by atoms with Crippen LogP contribution in [0.25, 0.3) is 0 Å². The fraction of sp³-hybridized carbons (Fsp3) is 0.200. The summed E-state index contributed by atoms with van der Waals surface area (Å²) in [7, 11) is 0. The van der Waals surface area contributed by atoms with Gasteiger partial charge in [-0.05, 0) is 5.56 Å². The molecule has 0 aliphatic rings. The normalized spacial score (nSPS) is 8.00. The van der Waals surface area contributed by atoms with Crippen molar-refractivity contribution in [1.29, 1.82) is 0 Å². The van der Waals surface area contributed by atoms with Crippen molar-refractivity contribution < 1.29 is 21.7 Å². The zero-order valence-electron chi connectivity index (χ0n) is 7.45. The topological polar surface area (TPSA) is 9.23 Å². The zero-order valence-corrected chi connectivity index (χ0v) is 10.4. The van der Waals surface area contributed by atoms with Gasteiger partial charge in [-0.1, -0.05) is 30.3 Å². The fourth-order valence-electron chi connectivity index (χ4n) is 0.819. The molecule has 0 heterocycles. The molecule has 3 heteroatoms. The van der Waals surface area contributed by atoms with Gasteiger partial charge in [0.1, 0.15) is 0 Å². The Kier molecular flexibility index (Phi) is 12.3. The van der Waals surface area contributed by atoms with Crippen molar-refractivity contribution in [3.63, 3.8) is 0 Å². The molecule has 0 aromatic heterocycles. The van der Waals surface area contributed by atoms with Crippen molar-refractivity contribution in [3.8, 4) is 0 Å². The van der Waals surface area contributed by atoms with Crippen LogP contribution in [0, 0.1) is 6.58 Å². The van der Waals surface area contributed by atoms with Crippen LogP contribution in [0.5, 0.6) is 0 Å². The van der Waals surface area contributed by atoms with Crippen LogP contribution >= 0.6 is 0 Å². The Labute approximate surface area is 106 Å². The number of rotatable bonds is 4. The molecule has 0 bridgehead atoms. The van der Waals surface area contributed by atoms with E-state index in [4.69, 9.17) is 11.3 Å². The van der Waals surface area contributed by atoms with Gasteiger partial charge in [0.15, 0.2) is 0 Å². The van der Waals surface area contributed by atoms with E-state index in [0.29, 0.717) is 13.2 Å². The van der Waals surface area contributed by atoms with Gasteiger partial charge in [0.05, 0.1) is 6.61 Å². The van der Waals surface area contributed by atoms with Crippen molar-refractivity contribution in [2.45, 2.75) is 6.61 Å². The molecule has 0 spiro atoms. The van der Waals surface area contributed by atoms with Crippen LogP contribution in [0.4, 0.5) is 0 Å². The minimum absolute atomic E-state index is 0. The molecule has 0 fully saturated rings. The third kappa shape index (κ3) is 7.25. The van der Waals surface area contributed by atoms with Gasteiger partial charge in [-0.25, -0.2) is 6.08 Å². The van der Waals surface area contributed by atoms with Gasteiger partial charge < -0.3 is 28.3 Å². The number of hydrogen-bond donors (Lipinski definition) is 0. The van der Waals surface area contributed by atoms with Gasteiger partial charge in [-0.15, -0.1) is 0 Å². The number of ether oxygens (including phenoxy) is 1. The van der Waals surface area contributed by atoms with E-state index in [1.54, 1.807) is 0 Å². The summed E-state index contributed by atoms with van der Waals surface area (Å²) in [6.07, 6.45) is 1.50. The van der Waals surface area contributed by atoms with Crippen molar-refractivity contribution in [3.05, 3.63) is 48.6 Å². The third-order valence-corrected chi connectivity index (χ3v) is 1.33. The molecule has 1 aromatic rings. The van der Waals surface area contributed by atoms with E-state index in [9.17, 15) is 0 Å². The van der Waals surface area contributed by atoms with Gasteiger partial charge in [-0.3, -0.25) is 0 Å². The zero-order chi connectivity index (χ0) is 7.94. The largest absolute Gasteiger partial charge is 2.00 e. The summed E-state index contributed by atoms with van der Waals surface area (Å²) in [6, 6.07) is 10.0. The van der Waals surface area contributed by atoms with Gasteiger partial charge in [0.25, 0.3) is 0 Å². The van der Waals surface area contributed by atoms with E-state index < -0.39 is 0 Å². The van der Waals surface area contributed by atoms with E-state index in [2.05, 4.69) is 0 Å². The minimum Gasteiger partial charge on any atom is -1.00 e. The molecule has 0 aliphatic heterocycles. The van der Waals surface area contributed by atoms with Crippen LogP contribution in [0.3, 0.4) is 0 Å². The maximum atomic E-state index is 5.19. The van der Waals surface area contributed by atoms with Gasteiger partial charge in [-0.2, -0.15) is 0 Å². The van der Waals surface area contributed by atoms with Crippen LogP contribution < -0.4 is 17.0 Å². The summed E-state index contributed by atoms with van der Waals surface area (Å²) < 4.78 is 5.19. The van der Waals surface area contributed by atoms with E-state index in [-0.39, 0.29) is 40.0 Å². The summed E-state index contributed by atoms with van der Waals surface area (Å²) in [6.45, 7) is 6.28. The smallest absolute Gasteiger partial charge is 1.00 e. The van der Waals surface area contributed by atoms with Crippen LogP contribution in [-0.4, -0.2) is 29.7 Å². The average Bonchev–Trinajstić information content (AvgIpc) is 2.07. The number of benzene rings is 1. The van der Waals surface area contributed by atoms with Crippen LogP contribution in [0.1, 0.15) is 5.56 Å². The maximum absolute atomic E-state index is 5.19. The Morgan fingerprint density at radius 2 is 1.85 bits per heavy atom. The molecule has 1 rings (SSSR count). The summed E-state index contributed by atoms with van der Waals surface area (Å²) in [5, 5.41) is 0. The molecule has 0 radical (unpaired) electrons. The van der Waals surface area contributed by atoms with E-state index in [1.165, 1.54) is 11.6 Å². The van der Waals surface area contributed by atoms with Crippen LogP contribution in [0.15, 0.2) is 36.4 Å². The molecule has 0 unspecified atom stereocenters. The Hall–Kier alpha value is 0.166. The molecule has 0 aliphatic carbocycles. The second-order valence-electron chi connectivity index (χ2n) is 2.24. The second-order valence-corrected chi connectivity index (χ2v) is 2.24. The van der Waals surface area contributed by atoms with Gasteiger partial charge in [0, 0.05) is 6.61 Å². The third-order valence-electron chi connectivity index (χ3n) is 1.33. The molecule has 1 aromatic carbocycles. The van der Waals surface area contributed by atoms with Crippen molar-refractivity contribution in [2.24, 2.45) is 0 Å². The van der Waals surface area contributed by atoms with Gasteiger partial charge in [0.2, 0.25) is 0 Å². The number of hydrogen-bond acceptors (Lipinski definition) is 1. The molecule has 66 valence electrons. The van der Waals surface area contributed by atoms with Crippen molar-refractivity contribution in [2.75, 3.05) is 6.61 Å². The Morgan fingerprint density at radius 1 is 1.23 bits per heavy atom. The summed E-state index contributed by atoms with van der Waals surface area (Å²) in [5.41, 5.74) is 1.18. The predicted molar refractivity (Wildman–Crippen MR) is 50.7 cm³/mol. The first kappa shape index (κ1) is 15.6. The molecule has 0 N–H and O–H groups in total. The van der Waals surface area contributed by atoms with E-state index in [1.807, 2.05) is 30.3 Å². The maximum Gasteiger partial charge on any atom is 2.00 e. The summed E-state index contributed by atoms with van der Waals surface area (Å²) in [5.74, 6) is 0. The van der Waals surface area contributed by atoms with Crippen LogP contribution in [0.2, 0.25) is 0 Å². The Balaban J connectivity index is 0. The van der Waals surface area contributed by atoms with E-state index in [0.717, 1.165) is 0 Å². The standard InChI is InChI=1S/C10H11O.BrH.Mg/c1-2-8-11-9-10-6-4-3-5-7-10;;/h1-7H,8-9H2;1H;/q-1;;+2/p-1. The molecule has 13 heavy (non-hydrogen) atoms. The number of halogens is 1. The summed E-state index contributed by atoms with van der Waals surface area (Å²) in [4.78, 5) is 0. The molecule has 0 saturated carbocycles. The van der Waals surface area contributed by atoms with E-state index >= 15 is 0 Å². The average molecular weight is 251 g/mol. The van der Waals surface area contributed by atoms with Crippen LogP contribution in [-0.2, 0) is 11.3 Å². The molecule has 1 nitrogen and oxygen atoms in total. The first-order chi connectivity index (χ1) is 5.43. The first-order valence-electron chi connectivity index (χ1n) is 3.58. The molecular formula is C10H11BrMgO. The molecule has 0 saturated heterocycles. The molecular weight excluding hydrogens is 240 g/mol. The second kappa shape index (κ2) is 10.2. The Morgan fingerprint density at radius 3 is 2.38 bits per heavy atom.